The molecule has 0 heterocycles. The fraction of sp³-hybridized carbons (Fsp3) is 0.875. The zero-order chi connectivity index (χ0) is 12.3. The molecule has 1 rings (SSSR count). The summed E-state index contributed by atoms with van der Waals surface area (Å²) >= 11 is 0. The van der Waals surface area contributed by atoms with Gasteiger partial charge in [0.25, 0.3) is 0 Å². The molecule has 0 aromatic heterocycles. The molecule has 0 saturated heterocycles. The summed E-state index contributed by atoms with van der Waals surface area (Å²) in [4.78, 5) is 0. The Kier molecular flexibility index (Phi) is 8.18. The largest absolute Gasteiger partial charge is 0.314 e. The summed E-state index contributed by atoms with van der Waals surface area (Å²) < 4.78 is 0. The van der Waals surface area contributed by atoms with E-state index < -0.39 is 0 Å². The number of unbranched alkanes of at least 4 members (excludes halogenated alkanes) is 1. The highest BCUT2D eigenvalue weighted by Gasteiger charge is 2.21. The summed E-state index contributed by atoms with van der Waals surface area (Å²) in [6, 6.07) is 0.724. The second-order valence-electron chi connectivity index (χ2n) is 5.41. The van der Waals surface area contributed by atoms with Gasteiger partial charge < -0.3 is 5.32 Å². The standard InChI is InChI=1S/C16H29N/c1-3-5-8-13-16(17-14-4-2)15-11-9-6-7-10-12-15/h1,15-17H,4-14H2,2H3. The predicted octanol–water partition coefficient (Wildman–Crippen LogP) is 4.13. The summed E-state index contributed by atoms with van der Waals surface area (Å²) in [6.45, 7) is 3.41. The van der Waals surface area contributed by atoms with Crippen LogP contribution in [0.15, 0.2) is 0 Å². The van der Waals surface area contributed by atoms with Crippen LogP contribution in [-0.4, -0.2) is 12.6 Å². The molecule has 0 aromatic rings. The number of rotatable bonds is 7. The van der Waals surface area contributed by atoms with E-state index in [0.29, 0.717) is 0 Å². The maximum Gasteiger partial charge on any atom is 0.00956 e. The molecular formula is C16H29N. The summed E-state index contributed by atoms with van der Waals surface area (Å²) in [5.74, 6) is 3.67. The van der Waals surface area contributed by atoms with Crippen LogP contribution in [-0.2, 0) is 0 Å². The first-order valence-electron chi connectivity index (χ1n) is 7.55. The zero-order valence-corrected chi connectivity index (χ0v) is 11.5. The highest BCUT2D eigenvalue weighted by Crippen LogP contribution is 2.27. The molecule has 1 atom stereocenters. The van der Waals surface area contributed by atoms with Gasteiger partial charge in [-0.3, -0.25) is 0 Å². The van der Waals surface area contributed by atoms with Gasteiger partial charge in [0, 0.05) is 12.5 Å². The molecule has 1 fully saturated rings. The molecule has 1 N–H and O–H groups in total. The van der Waals surface area contributed by atoms with Crippen molar-refractivity contribution < 1.29 is 0 Å². The molecule has 0 spiro atoms. The molecule has 0 aliphatic heterocycles. The van der Waals surface area contributed by atoms with E-state index >= 15 is 0 Å². The van der Waals surface area contributed by atoms with Crippen LogP contribution >= 0.6 is 0 Å². The maximum absolute atomic E-state index is 5.35. The van der Waals surface area contributed by atoms with Crippen LogP contribution in [0.1, 0.15) is 71.1 Å². The van der Waals surface area contributed by atoms with E-state index in [-0.39, 0.29) is 0 Å². The van der Waals surface area contributed by atoms with Gasteiger partial charge in [-0.25, -0.2) is 0 Å². The Morgan fingerprint density at radius 3 is 2.53 bits per heavy atom. The average molecular weight is 235 g/mol. The summed E-state index contributed by atoms with van der Waals surface area (Å²) in [5.41, 5.74) is 0. The van der Waals surface area contributed by atoms with E-state index in [1.54, 1.807) is 0 Å². The average Bonchev–Trinajstić information content (AvgIpc) is 2.62. The summed E-state index contributed by atoms with van der Waals surface area (Å²) in [7, 11) is 0. The zero-order valence-electron chi connectivity index (χ0n) is 11.5. The number of terminal acetylenes is 1. The highest BCUT2D eigenvalue weighted by molar-refractivity contribution is 4.85. The van der Waals surface area contributed by atoms with Gasteiger partial charge in [-0.2, -0.15) is 0 Å². The maximum atomic E-state index is 5.35. The van der Waals surface area contributed by atoms with Gasteiger partial charge in [-0.1, -0.05) is 32.6 Å². The van der Waals surface area contributed by atoms with Crippen LogP contribution in [0.2, 0.25) is 0 Å². The van der Waals surface area contributed by atoms with Crippen LogP contribution in [0.3, 0.4) is 0 Å². The van der Waals surface area contributed by atoms with Crippen LogP contribution in [0.25, 0.3) is 0 Å². The van der Waals surface area contributed by atoms with Crippen molar-refractivity contribution in [1.29, 1.82) is 0 Å². The molecule has 17 heavy (non-hydrogen) atoms. The van der Waals surface area contributed by atoms with E-state index in [1.165, 1.54) is 57.8 Å². The van der Waals surface area contributed by atoms with Crippen molar-refractivity contribution in [2.24, 2.45) is 5.92 Å². The predicted molar refractivity (Wildman–Crippen MR) is 76.0 cm³/mol. The monoisotopic (exact) mass is 235 g/mol. The first-order valence-corrected chi connectivity index (χ1v) is 7.55. The molecule has 0 radical (unpaired) electrons. The Bertz CT molecular complexity index is 208. The van der Waals surface area contributed by atoms with Gasteiger partial charge in [0.05, 0.1) is 0 Å². The Hall–Kier alpha value is -0.480. The first-order chi connectivity index (χ1) is 8.38. The third kappa shape index (κ3) is 6.13. The molecule has 0 bridgehead atoms. The Morgan fingerprint density at radius 2 is 1.94 bits per heavy atom. The molecule has 0 aromatic carbocycles. The number of nitrogens with one attached hydrogen (secondary N) is 1. The summed E-state index contributed by atoms with van der Waals surface area (Å²) in [6.07, 6.45) is 18.6. The van der Waals surface area contributed by atoms with E-state index in [9.17, 15) is 0 Å². The molecule has 1 aliphatic carbocycles. The minimum absolute atomic E-state index is 0.724. The van der Waals surface area contributed by atoms with Crippen molar-refractivity contribution in [2.75, 3.05) is 6.54 Å². The van der Waals surface area contributed by atoms with E-state index in [1.807, 2.05) is 0 Å². The number of hydrogen-bond donors (Lipinski definition) is 1. The molecular weight excluding hydrogens is 206 g/mol. The molecule has 1 unspecified atom stereocenters. The fourth-order valence-electron chi connectivity index (χ4n) is 2.97. The normalized spacial score (nSPS) is 19.5. The quantitative estimate of drug-likeness (QED) is 0.397. The van der Waals surface area contributed by atoms with Crippen molar-refractivity contribution in [1.82, 2.24) is 5.32 Å². The summed E-state index contributed by atoms with van der Waals surface area (Å²) in [5, 5.41) is 3.76. The van der Waals surface area contributed by atoms with Crippen molar-refractivity contribution in [3.05, 3.63) is 0 Å². The van der Waals surface area contributed by atoms with Crippen LogP contribution in [0.4, 0.5) is 0 Å². The third-order valence-electron chi connectivity index (χ3n) is 3.96. The molecule has 98 valence electrons. The van der Waals surface area contributed by atoms with E-state index in [0.717, 1.165) is 24.9 Å². The van der Waals surface area contributed by atoms with Gasteiger partial charge in [0.2, 0.25) is 0 Å². The van der Waals surface area contributed by atoms with Gasteiger partial charge in [0.15, 0.2) is 0 Å². The van der Waals surface area contributed by atoms with Crippen LogP contribution in [0, 0.1) is 18.3 Å². The lowest BCUT2D eigenvalue weighted by Crippen LogP contribution is -2.36. The smallest absolute Gasteiger partial charge is 0.00956 e. The molecule has 0 amide bonds. The lowest BCUT2D eigenvalue weighted by Gasteiger charge is -2.27. The second kappa shape index (κ2) is 9.54. The van der Waals surface area contributed by atoms with Crippen LogP contribution in [0.5, 0.6) is 0 Å². The van der Waals surface area contributed by atoms with Crippen molar-refractivity contribution >= 4 is 0 Å². The SMILES string of the molecule is C#CCCCC(NCCC)C1CCCCCC1. The lowest BCUT2D eigenvalue weighted by atomic mass is 9.88. The van der Waals surface area contributed by atoms with E-state index in [2.05, 4.69) is 18.2 Å². The van der Waals surface area contributed by atoms with Gasteiger partial charge in [0.1, 0.15) is 0 Å². The Labute approximate surface area is 108 Å². The fourth-order valence-corrected chi connectivity index (χ4v) is 2.97. The molecule has 1 aliphatic rings. The van der Waals surface area contributed by atoms with Gasteiger partial charge >= 0.3 is 0 Å². The highest BCUT2D eigenvalue weighted by atomic mass is 14.9. The topological polar surface area (TPSA) is 12.0 Å². The third-order valence-corrected chi connectivity index (χ3v) is 3.96. The lowest BCUT2D eigenvalue weighted by molar-refractivity contribution is 0.301. The van der Waals surface area contributed by atoms with Gasteiger partial charge in [-0.15, -0.1) is 12.3 Å². The Balaban J connectivity index is 2.38. The molecule has 1 saturated carbocycles. The minimum Gasteiger partial charge on any atom is -0.314 e. The van der Waals surface area contributed by atoms with Crippen molar-refractivity contribution in [3.8, 4) is 12.3 Å². The molecule has 1 heteroatoms. The Morgan fingerprint density at radius 1 is 1.24 bits per heavy atom. The van der Waals surface area contributed by atoms with Crippen LogP contribution < -0.4 is 5.32 Å². The van der Waals surface area contributed by atoms with Crippen molar-refractivity contribution in [3.63, 3.8) is 0 Å². The molecule has 1 nitrogen and oxygen atoms in total. The number of hydrogen-bond acceptors (Lipinski definition) is 1. The second-order valence-corrected chi connectivity index (χ2v) is 5.41. The van der Waals surface area contributed by atoms with Gasteiger partial charge in [-0.05, 0) is 44.6 Å². The van der Waals surface area contributed by atoms with E-state index in [4.69, 9.17) is 6.42 Å². The minimum atomic E-state index is 0.724. The van der Waals surface area contributed by atoms with Crippen molar-refractivity contribution in [2.45, 2.75) is 77.2 Å². The first kappa shape index (κ1) is 14.6.